The van der Waals surface area contributed by atoms with Crippen LogP contribution in [0.15, 0.2) is 18.2 Å². The number of nitrogens with two attached hydrogens (primary N) is 1. The third-order valence-corrected chi connectivity index (χ3v) is 5.78. The molecule has 1 heterocycles. The Bertz CT molecular complexity index is 480. The van der Waals surface area contributed by atoms with Crippen LogP contribution >= 0.6 is 0 Å². The number of rotatable bonds is 2. The van der Waals surface area contributed by atoms with E-state index in [0.717, 1.165) is 30.1 Å². The number of nitrogen functional groups attached to an aromatic ring is 1. The van der Waals surface area contributed by atoms with Crippen molar-refractivity contribution in [1.82, 2.24) is 4.90 Å². The first-order valence-electron chi connectivity index (χ1n) is 8.75. The van der Waals surface area contributed by atoms with E-state index in [9.17, 15) is 0 Å². The molecule has 2 nitrogen and oxygen atoms in total. The third-order valence-electron chi connectivity index (χ3n) is 5.78. The molecule has 0 radical (unpaired) electrons. The van der Waals surface area contributed by atoms with E-state index in [1.54, 1.807) is 0 Å². The van der Waals surface area contributed by atoms with Gasteiger partial charge in [0, 0.05) is 24.8 Å². The van der Waals surface area contributed by atoms with Crippen molar-refractivity contribution in [3.8, 4) is 0 Å². The number of hydrogen-bond acceptors (Lipinski definition) is 2. The molecule has 1 aliphatic heterocycles. The van der Waals surface area contributed by atoms with Gasteiger partial charge < -0.3 is 5.73 Å². The summed E-state index contributed by atoms with van der Waals surface area (Å²) in [7, 11) is 0. The molecule has 116 valence electrons. The van der Waals surface area contributed by atoms with E-state index >= 15 is 0 Å². The highest BCUT2D eigenvalue weighted by molar-refractivity contribution is 5.51. The first-order chi connectivity index (χ1) is 10.1. The van der Waals surface area contributed by atoms with Gasteiger partial charge in [-0.2, -0.15) is 0 Å². The van der Waals surface area contributed by atoms with E-state index < -0.39 is 0 Å². The molecule has 0 aromatic heterocycles. The average molecular weight is 286 g/mol. The van der Waals surface area contributed by atoms with Crippen molar-refractivity contribution in [3.63, 3.8) is 0 Å². The summed E-state index contributed by atoms with van der Waals surface area (Å²) >= 11 is 0. The largest absolute Gasteiger partial charge is 0.398 e. The second kappa shape index (κ2) is 6.39. The summed E-state index contributed by atoms with van der Waals surface area (Å²) in [6.45, 7) is 7.07. The molecule has 1 fully saturated rings. The fourth-order valence-electron chi connectivity index (χ4n) is 4.28. The molecule has 2 atom stereocenters. The Morgan fingerprint density at radius 2 is 2.00 bits per heavy atom. The Balaban J connectivity index is 1.67. The number of fused-ring (bicyclic) bond motifs is 1. The van der Waals surface area contributed by atoms with Crippen molar-refractivity contribution in [1.29, 1.82) is 0 Å². The fourth-order valence-corrected chi connectivity index (χ4v) is 4.28. The first kappa shape index (κ1) is 14.9. The second-order valence-corrected chi connectivity index (χ2v) is 7.37. The summed E-state index contributed by atoms with van der Waals surface area (Å²) in [5.74, 6) is 1.79. The zero-order valence-electron chi connectivity index (χ0n) is 13.6. The Kier molecular flexibility index (Phi) is 4.54. The molecule has 0 spiro atoms. The van der Waals surface area contributed by atoms with Gasteiger partial charge in [-0.25, -0.2) is 0 Å². The van der Waals surface area contributed by atoms with Gasteiger partial charge >= 0.3 is 0 Å². The van der Waals surface area contributed by atoms with Gasteiger partial charge in [-0.05, 0) is 54.7 Å². The number of nitrogens with zero attached hydrogens (tertiary/aromatic N) is 1. The zero-order valence-corrected chi connectivity index (χ0v) is 13.6. The van der Waals surface area contributed by atoms with Crippen LogP contribution < -0.4 is 5.73 Å². The Morgan fingerprint density at radius 3 is 2.81 bits per heavy atom. The van der Waals surface area contributed by atoms with E-state index in [2.05, 4.69) is 36.9 Å². The lowest BCUT2D eigenvalue weighted by molar-refractivity contribution is 0.160. The first-order valence-corrected chi connectivity index (χ1v) is 8.75. The topological polar surface area (TPSA) is 29.3 Å². The molecule has 1 aromatic carbocycles. The van der Waals surface area contributed by atoms with Crippen LogP contribution in [-0.2, 0) is 13.0 Å². The summed E-state index contributed by atoms with van der Waals surface area (Å²) in [4.78, 5) is 2.71. The lowest BCUT2D eigenvalue weighted by atomic mass is 9.89. The molecular weight excluding hydrogens is 256 g/mol. The standard InChI is InChI=1S/C19H30N2/c1-14(2)15-5-3-7-17(10-9-15)21-12-11-16-6-4-8-19(20)18(16)13-21/h4,6,8,14-15,17H,3,5,7,9-13,20H2,1-2H3. The minimum Gasteiger partial charge on any atom is -0.398 e. The zero-order chi connectivity index (χ0) is 14.8. The third kappa shape index (κ3) is 3.26. The second-order valence-electron chi connectivity index (χ2n) is 7.37. The molecule has 2 unspecified atom stereocenters. The maximum absolute atomic E-state index is 6.20. The molecule has 1 aliphatic carbocycles. The number of hydrogen-bond donors (Lipinski definition) is 1. The van der Waals surface area contributed by atoms with Gasteiger partial charge in [0.15, 0.2) is 0 Å². The monoisotopic (exact) mass is 286 g/mol. The molecule has 0 bridgehead atoms. The normalized spacial score (nSPS) is 27.4. The number of anilines is 1. The SMILES string of the molecule is CC(C)C1CCCC(N2CCc3cccc(N)c3C2)CC1. The molecule has 0 saturated heterocycles. The van der Waals surface area contributed by atoms with Crippen molar-refractivity contribution in [2.24, 2.45) is 11.8 Å². The van der Waals surface area contributed by atoms with Crippen LogP contribution in [0.25, 0.3) is 0 Å². The molecule has 2 heteroatoms. The van der Waals surface area contributed by atoms with E-state index in [-0.39, 0.29) is 0 Å². The van der Waals surface area contributed by atoms with Crippen LogP contribution in [0.1, 0.15) is 57.1 Å². The van der Waals surface area contributed by atoms with Gasteiger partial charge in [0.25, 0.3) is 0 Å². The fraction of sp³-hybridized carbons (Fsp3) is 0.684. The summed E-state index contributed by atoms with van der Waals surface area (Å²) < 4.78 is 0. The highest BCUT2D eigenvalue weighted by Gasteiger charge is 2.27. The smallest absolute Gasteiger partial charge is 0.0362 e. The quantitative estimate of drug-likeness (QED) is 0.651. The van der Waals surface area contributed by atoms with Gasteiger partial charge in [-0.3, -0.25) is 4.90 Å². The maximum Gasteiger partial charge on any atom is 0.0362 e. The molecular formula is C19H30N2. The van der Waals surface area contributed by atoms with Crippen LogP contribution in [0.5, 0.6) is 0 Å². The summed E-state index contributed by atoms with van der Waals surface area (Å²) in [5.41, 5.74) is 10.1. The molecule has 0 amide bonds. The summed E-state index contributed by atoms with van der Waals surface area (Å²) in [6, 6.07) is 7.19. The van der Waals surface area contributed by atoms with E-state index in [0.29, 0.717) is 0 Å². The van der Waals surface area contributed by atoms with Crippen LogP contribution in [0.3, 0.4) is 0 Å². The van der Waals surface area contributed by atoms with E-state index in [4.69, 9.17) is 5.73 Å². The van der Waals surface area contributed by atoms with E-state index in [1.165, 1.54) is 56.2 Å². The Labute approximate surface area is 129 Å². The molecule has 2 aliphatic rings. The molecule has 2 N–H and O–H groups in total. The number of benzene rings is 1. The van der Waals surface area contributed by atoms with Crippen LogP contribution in [0.2, 0.25) is 0 Å². The molecule has 1 saturated carbocycles. The van der Waals surface area contributed by atoms with Gasteiger partial charge in [-0.15, -0.1) is 0 Å². The van der Waals surface area contributed by atoms with Gasteiger partial charge in [0.05, 0.1) is 0 Å². The molecule has 21 heavy (non-hydrogen) atoms. The van der Waals surface area contributed by atoms with Crippen molar-refractivity contribution >= 4 is 5.69 Å². The van der Waals surface area contributed by atoms with Crippen LogP contribution in [0, 0.1) is 11.8 Å². The van der Waals surface area contributed by atoms with Crippen molar-refractivity contribution in [2.75, 3.05) is 12.3 Å². The van der Waals surface area contributed by atoms with Gasteiger partial charge in [-0.1, -0.05) is 38.8 Å². The maximum atomic E-state index is 6.20. The lowest BCUT2D eigenvalue weighted by Gasteiger charge is -2.36. The van der Waals surface area contributed by atoms with E-state index in [1.807, 2.05) is 0 Å². The summed E-state index contributed by atoms with van der Waals surface area (Å²) in [5, 5.41) is 0. The van der Waals surface area contributed by atoms with Crippen molar-refractivity contribution in [2.45, 2.75) is 65.0 Å². The highest BCUT2D eigenvalue weighted by Crippen LogP contribution is 2.33. The van der Waals surface area contributed by atoms with Crippen molar-refractivity contribution in [3.05, 3.63) is 29.3 Å². The Hall–Kier alpha value is -1.02. The van der Waals surface area contributed by atoms with Crippen LogP contribution in [-0.4, -0.2) is 17.5 Å². The van der Waals surface area contributed by atoms with Gasteiger partial charge in [0.1, 0.15) is 0 Å². The molecule has 3 rings (SSSR count). The minimum atomic E-state index is 0.779. The van der Waals surface area contributed by atoms with Crippen molar-refractivity contribution < 1.29 is 0 Å². The predicted molar refractivity (Wildman–Crippen MR) is 90.2 cm³/mol. The minimum absolute atomic E-state index is 0.779. The highest BCUT2D eigenvalue weighted by atomic mass is 15.2. The lowest BCUT2D eigenvalue weighted by Crippen LogP contribution is -2.39. The van der Waals surface area contributed by atoms with Gasteiger partial charge in [0.2, 0.25) is 0 Å². The van der Waals surface area contributed by atoms with Crippen LogP contribution in [0.4, 0.5) is 5.69 Å². The average Bonchev–Trinajstić information content (AvgIpc) is 2.73. The molecule has 1 aromatic rings. The Morgan fingerprint density at radius 1 is 1.14 bits per heavy atom. The summed E-state index contributed by atoms with van der Waals surface area (Å²) in [6.07, 6.45) is 8.18. The predicted octanol–water partition coefficient (Wildman–Crippen LogP) is 4.23.